The molecular weight excluding hydrogens is 600 g/mol. The van der Waals surface area contributed by atoms with Gasteiger partial charge in [-0.15, -0.1) is 0 Å². The number of fused-ring (bicyclic) bond motifs is 5. The number of ketones is 1. The van der Waals surface area contributed by atoms with Crippen molar-refractivity contribution in [3.05, 3.63) is 12.2 Å². The van der Waals surface area contributed by atoms with Gasteiger partial charge in [0, 0.05) is 18.8 Å². The summed E-state index contributed by atoms with van der Waals surface area (Å²) in [5.74, 6) is -0.00362. The third-order valence-corrected chi connectivity index (χ3v) is 14.5. The zero-order valence-electron chi connectivity index (χ0n) is 31.1. The molecule has 6 nitrogen and oxygen atoms in total. The molecule has 4 aliphatic carbocycles. The molecule has 4 fully saturated rings. The molecule has 0 aromatic carbocycles. The first kappa shape index (κ1) is 39.5. The van der Waals surface area contributed by atoms with Crippen molar-refractivity contribution in [2.75, 3.05) is 0 Å². The molecule has 4 rings (SSSR count). The van der Waals surface area contributed by atoms with Crippen LogP contribution in [0.1, 0.15) is 169 Å². The smallest absolute Gasteiger partial charge is 0.303 e. The zero-order chi connectivity index (χ0) is 34.9. The Hall–Kier alpha value is -1.24. The SMILES string of the molecule is CCCCCCCCC=CCCCCCCCC(=O)C1C[C@@H](O)C[C@H]2C[C@@H](O)[C@@H]3[C@H](C[C@H](O)[C@]4(C)[C@@H]([C@H](C)CCC(=O)O)CC[C@@H]34)[C@@]12C. The Morgan fingerprint density at radius 2 is 1.38 bits per heavy atom. The van der Waals surface area contributed by atoms with Crippen LogP contribution in [-0.2, 0) is 9.59 Å². The summed E-state index contributed by atoms with van der Waals surface area (Å²) in [5.41, 5.74) is -0.696. The van der Waals surface area contributed by atoms with E-state index in [0.29, 0.717) is 38.5 Å². The van der Waals surface area contributed by atoms with Crippen LogP contribution in [-0.4, -0.2) is 50.5 Å². The molecule has 0 radical (unpaired) electrons. The van der Waals surface area contributed by atoms with Gasteiger partial charge in [0.15, 0.2) is 0 Å². The number of carbonyl (C=O) groups is 2. The molecule has 0 amide bonds. The number of hydrogen-bond acceptors (Lipinski definition) is 5. The number of hydrogen-bond donors (Lipinski definition) is 4. The van der Waals surface area contributed by atoms with E-state index in [1.54, 1.807) is 0 Å². The van der Waals surface area contributed by atoms with Gasteiger partial charge in [0.1, 0.15) is 5.78 Å². The van der Waals surface area contributed by atoms with Crippen LogP contribution in [0.15, 0.2) is 12.2 Å². The van der Waals surface area contributed by atoms with E-state index in [-0.39, 0.29) is 64.5 Å². The highest BCUT2D eigenvalue weighted by Gasteiger charge is 2.67. The lowest BCUT2D eigenvalue weighted by atomic mass is 9.40. The van der Waals surface area contributed by atoms with Crippen LogP contribution in [0.25, 0.3) is 0 Å². The van der Waals surface area contributed by atoms with Gasteiger partial charge < -0.3 is 20.4 Å². The normalized spacial score (nSPS) is 38.4. The van der Waals surface area contributed by atoms with Gasteiger partial charge in [-0.1, -0.05) is 91.2 Å². The molecule has 0 aromatic rings. The van der Waals surface area contributed by atoms with Crippen molar-refractivity contribution < 1.29 is 30.0 Å². The molecule has 0 spiro atoms. The van der Waals surface area contributed by atoms with Gasteiger partial charge in [0.25, 0.3) is 0 Å². The molecule has 0 bridgehead atoms. The summed E-state index contributed by atoms with van der Waals surface area (Å²) in [7, 11) is 0. The summed E-state index contributed by atoms with van der Waals surface area (Å²) in [5, 5.41) is 44.0. The number of unbranched alkanes of at least 4 members (excludes halogenated alkanes) is 11. The second-order valence-corrected chi connectivity index (χ2v) is 17.3. The second kappa shape index (κ2) is 18.3. The molecule has 4 aliphatic rings. The Labute approximate surface area is 292 Å². The highest BCUT2D eigenvalue weighted by Crippen LogP contribution is 2.69. The van der Waals surface area contributed by atoms with Crippen molar-refractivity contribution in [1.29, 1.82) is 0 Å². The Balaban J connectivity index is 1.30. The van der Waals surface area contributed by atoms with E-state index in [9.17, 15) is 30.0 Å². The summed E-state index contributed by atoms with van der Waals surface area (Å²) in [4.78, 5) is 25.4. The monoisotopic (exact) mass is 673 g/mol. The third-order valence-electron chi connectivity index (χ3n) is 14.5. The van der Waals surface area contributed by atoms with Crippen molar-refractivity contribution in [1.82, 2.24) is 0 Å². The highest BCUT2D eigenvalue weighted by atomic mass is 16.4. The minimum absolute atomic E-state index is 0.0294. The van der Waals surface area contributed by atoms with Crippen LogP contribution in [0, 0.1) is 52.3 Å². The van der Waals surface area contributed by atoms with Gasteiger partial charge in [-0.25, -0.2) is 0 Å². The average Bonchev–Trinajstić information content (AvgIpc) is 3.41. The minimum Gasteiger partial charge on any atom is -0.481 e. The predicted molar refractivity (Wildman–Crippen MR) is 193 cm³/mol. The molecule has 276 valence electrons. The standard InChI is InChI=1S/C42H72O6/c1-5-6-7-8-9-10-11-12-13-14-15-16-17-18-19-20-36(44)34-27-31(43)25-30-26-37(45)40-33-23-22-32(29(2)21-24-39(47)48)42(33,4)38(46)28-35(40)41(30,34)3/h12-13,29-35,37-38,40,43,45-46H,5-11,14-28H2,1-4H3,(H,47,48)/t29-,30+,31+,32-,33+,34?,35+,37-,38+,40+,41-,42-/m1/s1. The fourth-order valence-corrected chi connectivity index (χ4v) is 11.8. The number of rotatable bonds is 20. The molecule has 0 heterocycles. The fourth-order valence-electron chi connectivity index (χ4n) is 11.8. The summed E-state index contributed by atoms with van der Waals surface area (Å²) >= 11 is 0. The first-order valence-electron chi connectivity index (χ1n) is 20.4. The molecule has 0 aromatic heterocycles. The number of aliphatic carboxylic acids is 1. The highest BCUT2D eigenvalue weighted by molar-refractivity contribution is 5.82. The lowest BCUT2D eigenvalue weighted by Crippen LogP contribution is -2.65. The number of aliphatic hydroxyl groups excluding tert-OH is 3. The largest absolute Gasteiger partial charge is 0.481 e. The van der Waals surface area contributed by atoms with E-state index >= 15 is 0 Å². The summed E-state index contributed by atoms with van der Waals surface area (Å²) < 4.78 is 0. The molecule has 6 heteroatoms. The lowest BCUT2D eigenvalue weighted by molar-refractivity contribution is -0.221. The number of carboxylic acid groups (broad SMARTS) is 1. The Morgan fingerprint density at radius 1 is 0.750 bits per heavy atom. The van der Waals surface area contributed by atoms with Crippen LogP contribution in [0.3, 0.4) is 0 Å². The van der Waals surface area contributed by atoms with Crippen molar-refractivity contribution >= 4 is 11.8 Å². The van der Waals surface area contributed by atoms with Gasteiger partial charge in [-0.2, -0.15) is 0 Å². The van der Waals surface area contributed by atoms with E-state index < -0.39 is 24.3 Å². The van der Waals surface area contributed by atoms with Gasteiger partial charge in [0.2, 0.25) is 0 Å². The van der Waals surface area contributed by atoms with Gasteiger partial charge >= 0.3 is 5.97 Å². The molecule has 0 saturated heterocycles. The van der Waals surface area contributed by atoms with Crippen LogP contribution in [0.2, 0.25) is 0 Å². The maximum absolute atomic E-state index is 14.0. The number of carbonyl (C=O) groups excluding carboxylic acids is 1. The summed E-state index contributed by atoms with van der Waals surface area (Å²) in [6.07, 6.45) is 24.7. The second-order valence-electron chi connectivity index (χ2n) is 17.3. The van der Waals surface area contributed by atoms with Gasteiger partial charge in [0.05, 0.1) is 18.3 Å². The van der Waals surface area contributed by atoms with Crippen LogP contribution < -0.4 is 0 Å². The molecule has 0 aliphatic heterocycles. The predicted octanol–water partition coefficient (Wildman–Crippen LogP) is 9.28. The average molecular weight is 673 g/mol. The molecule has 1 unspecified atom stereocenters. The summed E-state index contributed by atoms with van der Waals surface area (Å²) in [6.45, 7) is 8.88. The Kier molecular flexibility index (Phi) is 15.1. The lowest BCUT2D eigenvalue weighted by Gasteiger charge is -2.65. The molecular formula is C42H72O6. The molecule has 4 saturated carbocycles. The van der Waals surface area contributed by atoms with Crippen molar-refractivity contribution in [2.45, 2.75) is 187 Å². The van der Waals surface area contributed by atoms with Crippen molar-refractivity contribution in [2.24, 2.45) is 52.3 Å². The van der Waals surface area contributed by atoms with E-state index in [1.807, 2.05) is 0 Å². The van der Waals surface area contributed by atoms with E-state index in [2.05, 4.69) is 39.8 Å². The minimum atomic E-state index is -0.774. The molecule has 48 heavy (non-hydrogen) atoms. The first-order chi connectivity index (χ1) is 23.0. The topological polar surface area (TPSA) is 115 Å². The van der Waals surface area contributed by atoms with E-state index in [0.717, 1.165) is 38.5 Å². The number of carboxylic acids is 1. The quantitative estimate of drug-likeness (QED) is 0.0757. The van der Waals surface area contributed by atoms with Crippen LogP contribution >= 0.6 is 0 Å². The third kappa shape index (κ3) is 8.97. The summed E-state index contributed by atoms with van der Waals surface area (Å²) in [6, 6.07) is 0. The molecule has 12 atom stereocenters. The van der Waals surface area contributed by atoms with Crippen molar-refractivity contribution in [3.63, 3.8) is 0 Å². The Bertz CT molecular complexity index is 1040. The fraction of sp³-hybridized carbons (Fsp3) is 0.905. The van der Waals surface area contributed by atoms with E-state index in [4.69, 9.17) is 0 Å². The van der Waals surface area contributed by atoms with E-state index in [1.165, 1.54) is 57.8 Å². The number of aliphatic hydroxyl groups is 3. The van der Waals surface area contributed by atoms with Gasteiger partial charge in [-0.05, 0) is 123 Å². The maximum atomic E-state index is 14.0. The van der Waals surface area contributed by atoms with Crippen molar-refractivity contribution in [3.8, 4) is 0 Å². The van der Waals surface area contributed by atoms with Crippen LogP contribution in [0.4, 0.5) is 0 Å². The first-order valence-corrected chi connectivity index (χ1v) is 20.4. The maximum Gasteiger partial charge on any atom is 0.303 e. The number of allylic oxidation sites excluding steroid dienone is 2. The zero-order valence-corrected chi connectivity index (χ0v) is 31.1. The van der Waals surface area contributed by atoms with Gasteiger partial charge in [-0.3, -0.25) is 9.59 Å². The Morgan fingerprint density at radius 3 is 2.02 bits per heavy atom. The van der Waals surface area contributed by atoms with Crippen LogP contribution in [0.5, 0.6) is 0 Å². The molecule has 4 N–H and O–H groups in total. The number of Topliss-reactive ketones (excluding diaryl/α,β-unsaturated/α-hetero) is 1.